The number of fused-ring (bicyclic) bond motifs is 1. The third-order valence-electron chi connectivity index (χ3n) is 15.0. The van der Waals surface area contributed by atoms with Crippen LogP contribution in [-0.4, -0.2) is 30.4 Å². The minimum atomic E-state index is 0.452. The SMILES string of the molecule is Cc1ccc(-c2ccc(-c3ccc(C)cc3)c3nc(-c4ccc(N(c5ccccc5)c5ccc(-c6nnc(-c7ccccc7)o6)cc5)cc4)c(-c4ccc(N(c5ccccc5)c5ccc(-c6nnc(-c7ccccc7)o6)cc5)cc4)nc23)cc1. The molecule has 0 unspecified atom stereocenters. The molecule has 0 radical (unpaired) electrons. The smallest absolute Gasteiger partial charge is 0.248 e. The highest BCUT2D eigenvalue weighted by atomic mass is 16.4. The van der Waals surface area contributed by atoms with Crippen LogP contribution in [0, 0.1) is 13.8 Å². The molecular weight excluding hydrogens is 1030 g/mol. The Bertz CT molecular complexity index is 4260. The Hall–Kier alpha value is -11.4. The monoisotopic (exact) mass is 1080 g/mol. The average Bonchev–Trinajstić information content (AvgIpc) is 4.28. The maximum absolute atomic E-state index is 6.14. The van der Waals surface area contributed by atoms with E-state index in [1.165, 1.54) is 11.1 Å². The Labute approximate surface area is 486 Å². The van der Waals surface area contributed by atoms with Crippen LogP contribution in [0.3, 0.4) is 0 Å². The Morgan fingerprint density at radius 2 is 0.488 bits per heavy atom. The topological polar surface area (TPSA) is 110 Å². The van der Waals surface area contributed by atoms with E-state index in [0.717, 1.165) is 112 Å². The Morgan fingerprint density at radius 1 is 0.238 bits per heavy atom. The third kappa shape index (κ3) is 10.2. The lowest BCUT2D eigenvalue weighted by Gasteiger charge is -2.26. The van der Waals surface area contributed by atoms with E-state index in [9.17, 15) is 0 Å². The summed E-state index contributed by atoms with van der Waals surface area (Å²) in [4.78, 5) is 16.0. The molecule has 0 fully saturated rings. The molecule has 0 N–H and O–H groups in total. The quantitative estimate of drug-likeness (QED) is 0.104. The molecule has 0 aliphatic rings. The first-order valence-corrected chi connectivity index (χ1v) is 27.8. The summed E-state index contributed by atoms with van der Waals surface area (Å²) in [7, 11) is 0. The van der Waals surface area contributed by atoms with E-state index >= 15 is 0 Å². The van der Waals surface area contributed by atoms with Gasteiger partial charge in [-0.15, -0.1) is 20.4 Å². The second kappa shape index (κ2) is 22.3. The zero-order valence-electron chi connectivity index (χ0n) is 46.0. The van der Waals surface area contributed by atoms with Crippen molar-refractivity contribution in [2.24, 2.45) is 0 Å². The molecule has 0 aliphatic carbocycles. The van der Waals surface area contributed by atoms with E-state index in [1.54, 1.807) is 0 Å². The van der Waals surface area contributed by atoms with Crippen LogP contribution in [0.15, 0.2) is 288 Å². The van der Waals surface area contributed by atoms with Crippen molar-refractivity contribution in [1.29, 1.82) is 0 Å². The molecular formula is C74H52N8O2. The Balaban J connectivity index is 0.873. The van der Waals surface area contributed by atoms with Crippen molar-refractivity contribution in [2.75, 3.05) is 9.80 Å². The van der Waals surface area contributed by atoms with Gasteiger partial charge >= 0.3 is 0 Å². The van der Waals surface area contributed by atoms with Crippen molar-refractivity contribution in [3.8, 4) is 90.6 Å². The van der Waals surface area contributed by atoms with Crippen LogP contribution >= 0.6 is 0 Å². The number of rotatable bonds is 14. The summed E-state index contributed by atoms with van der Waals surface area (Å²) in [5, 5.41) is 17.5. The number of para-hydroxylation sites is 2. The summed E-state index contributed by atoms with van der Waals surface area (Å²) in [6.07, 6.45) is 0. The van der Waals surface area contributed by atoms with Gasteiger partial charge in [0.05, 0.1) is 22.4 Å². The van der Waals surface area contributed by atoms with E-state index < -0.39 is 0 Å². The predicted octanol–water partition coefficient (Wildman–Crippen LogP) is 19.3. The third-order valence-corrected chi connectivity index (χ3v) is 15.0. The lowest BCUT2D eigenvalue weighted by atomic mass is 9.95. The van der Waals surface area contributed by atoms with Crippen molar-refractivity contribution in [3.63, 3.8) is 0 Å². The highest BCUT2D eigenvalue weighted by Crippen LogP contribution is 2.43. The van der Waals surface area contributed by atoms with E-state index in [4.69, 9.17) is 18.8 Å². The van der Waals surface area contributed by atoms with Crippen LogP contribution in [0.2, 0.25) is 0 Å². The maximum Gasteiger partial charge on any atom is 0.248 e. The van der Waals surface area contributed by atoms with Gasteiger partial charge in [0.1, 0.15) is 0 Å². The number of benzene rings is 11. The van der Waals surface area contributed by atoms with Crippen molar-refractivity contribution in [3.05, 3.63) is 290 Å². The van der Waals surface area contributed by atoms with E-state index in [0.29, 0.717) is 23.6 Å². The Kier molecular flexibility index (Phi) is 13.5. The number of nitrogens with zero attached hydrogens (tertiary/aromatic N) is 8. The van der Waals surface area contributed by atoms with Crippen molar-refractivity contribution in [1.82, 2.24) is 30.4 Å². The van der Waals surface area contributed by atoms with Crippen LogP contribution in [0.25, 0.3) is 102 Å². The van der Waals surface area contributed by atoms with Gasteiger partial charge in [-0.2, -0.15) is 0 Å². The van der Waals surface area contributed by atoms with Gasteiger partial charge in [-0.25, -0.2) is 9.97 Å². The first-order chi connectivity index (χ1) is 41.4. The lowest BCUT2D eigenvalue weighted by molar-refractivity contribution is 0.584. The van der Waals surface area contributed by atoms with Gasteiger partial charge in [0.15, 0.2) is 0 Å². The summed E-state index contributed by atoms with van der Waals surface area (Å²) in [6, 6.07) is 95.8. The molecule has 10 heteroatoms. The van der Waals surface area contributed by atoms with Crippen LogP contribution in [0.5, 0.6) is 0 Å². The molecule has 11 aromatic carbocycles. The molecule has 14 aromatic rings. The van der Waals surface area contributed by atoms with Crippen LogP contribution in [0.4, 0.5) is 34.1 Å². The number of aryl methyl sites for hydroxylation is 2. The standard InChI is InChI=1S/C74H52N8O2/c1-49-23-27-51(28-24-49)65-47-48-66(52-29-25-50(2)26-30-52)70-69(65)75-67(53-31-39-61(40-32-53)81(59-19-11-5-12-20-59)63-43-35-57(36-44-63)73-79-77-71(83-73)55-15-7-3-8-16-55)68(76-70)54-33-41-62(42-34-54)82(60-21-13-6-14-22-60)64-45-37-58(38-46-64)74-80-78-72(84-74)56-17-9-4-10-18-56/h3-48H,1-2H3. The maximum atomic E-state index is 6.14. The summed E-state index contributed by atoms with van der Waals surface area (Å²) in [5.41, 5.74) is 20.7. The van der Waals surface area contributed by atoms with Gasteiger partial charge in [-0.1, -0.05) is 169 Å². The van der Waals surface area contributed by atoms with Gasteiger partial charge in [0, 0.05) is 78.6 Å². The average molecular weight is 1090 g/mol. The van der Waals surface area contributed by atoms with Gasteiger partial charge in [0.2, 0.25) is 23.6 Å². The van der Waals surface area contributed by atoms with E-state index in [1.807, 2.05) is 97.1 Å². The number of anilines is 6. The molecule has 10 nitrogen and oxygen atoms in total. The van der Waals surface area contributed by atoms with Crippen LogP contribution in [0.1, 0.15) is 11.1 Å². The first kappa shape index (κ1) is 50.8. The largest absolute Gasteiger partial charge is 0.416 e. The molecule has 84 heavy (non-hydrogen) atoms. The normalized spacial score (nSPS) is 11.2. The summed E-state index contributed by atoms with van der Waals surface area (Å²) >= 11 is 0. The Morgan fingerprint density at radius 3 is 0.798 bits per heavy atom. The van der Waals surface area contributed by atoms with Crippen molar-refractivity contribution < 1.29 is 8.83 Å². The molecule has 400 valence electrons. The lowest BCUT2D eigenvalue weighted by Crippen LogP contribution is -2.10. The van der Waals surface area contributed by atoms with Crippen LogP contribution in [-0.2, 0) is 0 Å². The predicted molar refractivity (Wildman–Crippen MR) is 338 cm³/mol. The zero-order chi connectivity index (χ0) is 56.3. The molecule has 3 heterocycles. The van der Waals surface area contributed by atoms with Crippen molar-refractivity contribution >= 4 is 45.2 Å². The number of hydrogen-bond donors (Lipinski definition) is 0. The molecule has 0 aliphatic heterocycles. The van der Waals surface area contributed by atoms with Gasteiger partial charge in [0.25, 0.3) is 0 Å². The molecule has 0 saturated heterocycles. The minimum Gasteiger partial charge on any atom is -0.416 e. The van der Waals surface area contributed by atoms with Crippen LogP contribution < -0.4 is 9.80 Å². The first-order valence-electron chi connectivity index (χ1n) is 27.8. The highest BCUT2D eigenvalue weighted by Gasteiger charge is 2.23. The van der Waals surface area contributed by atoms with Gasteiger partial charge in [-0.3, -0.25) is 0 Å². The highest BCUT2D eigenvalue weighted by molar-refractivity contribution is 6.03. The molecule has 3 aromatic heterocycles. The summed E-state index contributed by atoms with van der Waals surface area (Å²) < 4.78 is 12.3. The fourth-order valence-corrected chi connectivity index (χ4v) is 10.6. The van der Waals surface area contributed by atoms with E-state index in [2.05, 4.69) is 226 Å². The second-order valence-electron chi connectivity index (χ2n) is 20.6. The number of aromatic nitrogens is 6. The molecule has 0 bridgehead atoms. The number of hydrogen-bond acceptors (Lipinski definition) is 10. The fraction of sp³-hybridized carbons (Fsp3) is 0.0270. The fourth-order valence-electron chi connectivity index (χ4n) is 10.6. The summed E-state index contributed by atoms with van der Waals surface area (Å²) in [5.74, 6) is 1.86. The minimum absolute atomic E-state index is 0.452. The zero-order valence-corrected chi connectivity index (χ0v) is 46.0. The molecule has 0 amide bonds. The molecule has 0 saturated carbocycles. The molecule has 0 atom stereocenters. The van der Waals surface area contributed by atoms with Crippen molar-refractivity contribution in [2.45, 2.75) is 13.8 Å². The molecule has 14 rings (SSSR count). The molecule has 0 spiro atoms. The second-order valence-corrected chi connectivity index (χ2v) is 20.6. The van der Waals surface area contributed by atoms with Gasteiger partial charge < -0.3 is 18.6 Å². The van der Waals surface area contributed by atoms with Gasteiger partial charge in [-0.05, 0) is 146 Å². The van der Waals surface area contributed by atoms with E-state index in [-0.39, 0.29) is 0 Å². The summed E-state index contributed by atoms with van der Waals surface area (Å²) in [6.45, 7) is 4.22.